The summed E-state index contributed by atoms with van der Waals surface area (Å²) in [5, 5.41) is 13.3. The van der Waals surface area contributed by atoms with E-state index in [0.29, 0.717) is 31.7 Å². The molecule has 1 saturated heterocycles. The second kappa shape index (κ2) is 5.42. The Labute approximate surface area is 112 Å². The summed E-state index contributed by atoms with van der Waals surface area (Å²) in [4.78, 5) is 25.1. The molecule has 6 nitrogen and oxygen atoms in total. The van der Waals surface area contributed by atoms with Crippen molar-refractivity contribution in [1.82, 2.24) is 14.7 Å². The predicted molar refractivity (Wildman–Crippen MR) is 68.9 cm³/mol. The quantitative estimate of drug-likeness (QED) is 0.889. The van der Waals surface area contributed by atoms with Crippen molar-refractivity contribution in [3.8, 4) is 0 Å². The summed E-state index contributed by atoms with van der Waals surface area (Å²) in [7, 11) is 0. The average Bonchev–Trinajstić information content (AvgIpc) is 2.79. The van der Waals surface area contributed by atoms with Crippen LogP contribution in [0.3, 0.4) is 0 Å². The molecule has 0 bridgehead atoms. The van der Waals surface area contributed by atoms with Crippen molar-refractivity contribution in [1.29, 1.82) is 0 Å². The standard InChI is InChI=1S/C13H19N3O3/c1-3-16-11(7-9(2)14-16)12(17)15-6-4-5-10(8-15)13(18)19/h7,10H,3-6,8H2,1-2H3,(H,18,19)/t10-/m0/s1. The highest BCUT2D eigenvalue weighted by atomic mass is 16.4. The van der Waals surface area contributed by atoms with Crippen LogP contribution in [0.1, 0.15) is 35.9 Å². The number of piperidine rings is 1. The molecule has 1 fully saturated rings. The highest BCUT2D eigenvalue weighted by Gasteiger charge is 2.29. The molecule has 0 radical (unpaired) electrons. The van der Waals surface area contributed by atoms with E-state index in [0.717, 1.165) is 12.1 Å². The number of aliphatic carboxylic acids is 1. The van der Waals surface area contributed by atoms with Gasteiger partial charge in [-0.3, -0.25) is 14.3 Å². The molecule has 6 heteroatoms. The summed E-state index contributed by atoms with van der Waals surface area (Å²) in [6.07, 6.45) is 1.38. The first-order chi connectivity index (χ1) is 9.02. The van der Waals surface area contributed by atoms with E-state index in [4.69, 9.17) is 5.11 Å². The number of rotatable bonds is 3. The Balaban J connectivity index is 2.16. The first kappa shape index (κ1) is 13.6. The molecule has 2 rings (SSSR count). The lowest BCUT2D eigenvalue weighted by atomic mass is 9.98. The maximum atomic E-state index is 12.4. The molecule has 0 aromatic carbocycles. The van der Waals surface area contributed by atoms with Crippen LogP contribution in [0, 0.1) is 12.8 Å². The minimum Gasteiger partial charge on any atom is -0.481 e. The third-order valence-corrected chi connectivity index (χ3v) is 3.48. The maximum absolute atomic E-state index is 12.4. The van der Waals surface area contributed by atoms with E-state index in [1.807, 2.05) is 13.8 Å². The van der Waals surface area contributed by atoms with Gasteiger partial charge in [0.25, 0.3) is 5.91 Å². The monoisotopic (exact) mass is 265 g/mol. The molecular weight excluding hydrogens is 246 g/mol. The molecule has 0 spiro atoms. The lowest BCUT2D eigenvalue weighted by Gasteiger charge is -2.30. The van der Waals surface area contributed by atoms with Gasteiger partial charge < -0.3 is 10.0 Å². The maximum Gasteiger partial charge on any atom is 0.308 e. The summed E-state index contributed by atoms with van der Waals surface area (Å²) < 4.78 is 1.67. The fourth-order valence-electron chi connectivity index (χ4n) is 2.48. The molecule has 1 aromatic rings. The normalized spacial score (nSPS) is 19.5. The Hall–Kier alpha value is -1.85. The van der Waals surface area contributed by atoms with Gasteiger partial charge in [0, 0.05) is 19.6 Å². The SMILES string of the molecule is CCn1nc(C)cc1C(=O)N1CCC[C@H](C(=O)O)C1. The van der Waals surface area contributed by atoms with Crippen molar-refractivity contribution in [3.05, 3.63) is 17.5 Å². The summed E-state index contributed by atoms with van der Waals surface area (Å²) in [5.74, 6) is -1.39. The summed E-state index contributed by atoms with van der Waals surface area (Å²) >= 11 is 0. The third kappa shape index (κ3) is 2.77. The van der Waals surface area contributed by atoms with E-state index in [-0.39, 0.29) is 5.91 Å². The van der Waals surface area contributed by atoms with Crippen LogP contribution < -0.4 is 0 Å². The minimum atomic E-state index is -0.822. The molecule has 104 valence electrons. The second-order valence-electron chi connectivity index (χ2n) is 4.92. The second-order valence-corrected chi connectivity index (χ2v) is 4.92. The van der Waals surface area contributed by atoms with Crippen molar-refractivity contribution in [2.75, 3.05) is 13.1 Å². The third-order valence-electron chi connectivity index (χ3n) is 3.48. The van der Waals surface area contributed by atoms with E-state index < -0.39 is 11.9 Å². The van der Waals surface area contributed by atoms with Crippen LogP contribution in [0.4, 0.5) is 0 Å². The molecule has 1 amide bonds. The Morgan fingerprint density at radius 3 is 2.89 bits per heavy atom. The topological polar surface area (TPSA) is 75.4 Å². The molecule has 1 aromatic heterocycles. The van der Waals surface area contributed by atoms with Crippen LogP contribution in [0.5, 0.6) is 0 Å². The van der Waals surface area contributed by atoms with Crippen molar-refractivity contribution < 1.29 is 14.7 Å². The Morgan fingerprint density at radius 2 is 2.26 bits per heavy atom. The number of carbonyl (C=O) groups excluding carboxylic acids is 1. The first-order valence-electron chi connectivity index (χ1n) is 6.59. The fraction of sp³-hybridized carbons (Fsp3) is 0.615. The zero-order chi connectivity index (χ0) is 14.0. The van der Waals surface area contributed by atoms with Crippen LogP contribution in [-0.4, -0.2) is 44.8 Å². The number of carboxylic acids is 1. The zero-order valence-corrected chi connectivity index (χ0v) is 11.3. The number of carboxylic acid groups (broad SMARTS) is 1. The lowest BCUT2D eigenvalue weighted by molar-refractivity contribution is -0.143. The van der Waals surface area contributed by atoms with Gasteiger partial charge in [0.2, 0.25) is 0 Å². The molecule has 0 saturated carbocycles. The molecule has 1 atom stereocenters. The molecule has 1 N–H and O–H groups in total. The van der Waals surface area contributed by atoms with Gasteiger partial charge in [-0.15, -0.1) is 0 Å². The smallest absolute Gasteiger partial charge is 0.308 e. The van der Waals surface area contributed by atoms with Gasteiger partial charge in [0.1, 0.15) is 5.69 Å². The Bertz CT molecular complexity index is 495. The van der Waals surface area contributed by atoms with Gasteiger partial charge in [-0.2, -0.15) is 5.10 Å². The van der Waals surface area contributed by atoms with Gasteiger partial charge in [0.15, 0.2) is 0 Å². The van der Waals surface area contributed by atoms with Crippen LogP contribution in [0.25, 0.3) is 0 Å². The molecule has 19 heavy (non-hydrogen) atoms. The molecule has 1 aliphatic heterocycles. The number of aromatic nitrogens is 2. The van der Waals surface area contributed by atoms with E-state index in [9.17, 15) is 9.59 Å². The predicted octanol–water partition coefficient (Wildman–Crippen LogP) is 1.15. The molecule has 0 unspecified atom stereocenters. The largest absolute Gasteiger partial charge is 0.481 e. The van der Waals surface area contributed by atoms with E-state index in [1.165, 1.54) is 0 Å². The van der Waals surface area contributed by atoms with Crippen molar-refractivity contribution in [3.63, 3.8) is 0 Å². The van der Waals surface area contributed by atoms with Gasteiger partial charge in [0.05, 0.1) is 11.6 Å². The number of hydrogen-bond acceptors (Lipinski definition) is 3. The van der Waals surface area contributed by atoms with E-state index >= 15 is 0 Å². The van der Waals surface area contributed by atoms with E-state index in [1.54, 1.807) is 15.6 Å². The molecule has 0 aliphatic carbocycles. The van der Waals surface area contributed by atoms with Gasteiger partial charge >= 0.3 is 5.97 Å². The van der Waals surface area contributed by atoms with Crippen molar-refractivity contribution in [2.24, 2.45) is 5.92 Å². The van der Waals surface area contributed by atoms with Crippen molar-refractivity contribution >= 4 is 11.9 Å². The number of nitrogens with zero attached hydrogens (tertiary/aromatic N) is 3. The number of likely N-dealkylation sites (tertiary alicyclic amines) is 1. The average molecular weight is 265 g/mol. The zero-order valence-electron chi connectivity index (χ0n) is 11.3. The number of carbonyl (C=O) groups is 2. The van der Waals surface area contributed by atoms with Gasteiger partial charge in [-0.25, -0.2) is 0 Å². The van der Waals surface area contributed by atoms with Crippen LogP contribution in [0.15, 0.2) is 6.07 Å². The summed E-state index contributed by atoms with van der Waals surface area (Å²) in [5.41, 5.74) is 1.35. The number of hydrogen-bond donors (Lipinski definition) is 1. The Kier molecular flexibility index (Phi) is 3.87. The minimum absolute atomic E-state index is 0.117. The number of amides is 1. The van der Waals surface area contributed by atoms with E-state index in [2.05, 4.69) is 5.10 Å². The van der Waals surface area contributed by atoms with Crippen LogP contribution in [-0.2, 0) is 11.3 Å². The highest BCUT2D eigenvalue weighted by Crippen LogP contribution is 2.19. The molecule has 1 aliphatic rings. The summed E-state index contributed by atoms with van der Waals surface area (Å²) in [6.45, 7) is 5.32. The highest BCUT2D eigenvalue weighted by molar-refractivity contribution is 5.93. The van der Waals surface area contributed by atoms with Gasteiger partial charge in [-0.1, -0.05) is 0 Å². The van der Waals surface area contributed by atoms with Crippen LogP contribution >= 0.6 is 0 Å². The first-order valence-corrected chi connectivity index (χ1v) is 6.59. The lowest BCUT2D eigenvalue weighted by Crippen LogP contribution is -2.43. The molecule has 2 heterocycles. The molecular formula is C13H19N3O3. The van der Waals surface area contributed by atoms with Crippen molar-refractivity contribution in [2.45, 2.75) is 33.2 Å². The number of aryl methyl sites for hydroxylation is 2. The summed E-state index contributed by atoms with van der Waals surface area (Å²) in [6, 6.07) is 1.76. The Morgan fingerprint density at radius 1 is 1.53 bits per heavy atom. The van der Waals surface area contributed by atoms with Crippen LogP contribution in [0.2, 0.25) is 0 Å². The van der Waals surface area contributed by atoms with Gasteiger partial charge in [-0.05, 0) is 32.8 Å². The fourth-order valence-corrected chi connectivity index (χ4v) is 2.48.